The number of carbonyl (C=O) groups excluding carboxylic acids is 1. The summed E-state index contributed by atoms with van der Waals surface area (Å²) >= 11 is 0. The normalized spacial score (nSPS) is 14.7. The quantitative estimate of drug-likeness (QED) is 0.439. The average molecular weight is 470 g/mol. The van der Waals surface area contributed by atoms with E-state index in [1.54, 1.807) is 61.9 Å². The van der Waals surface area contributed by atoms with Gasteiger partial charge in [0.1, 0.15) is 17.5 Å². The highest BCUT2D eigenvalue weighted by Crippen LogP contribution is 2.41. The molecule has 0 radical (unpaired) electrons. The molecule has 1 aromatic carbocycles. The van der Waals surface area contributed by atoms with Crippen molar-refractivity contribution in [2.75, 3.05) is 24.9 Å². The number of allylic oxidation sites excluding steroid dienone is 1. The highest BCUT2D eigenvalue weighted by Gasteiger charge is 2.36. The predicted octanol–water partition coefficient (Wildman–Crippen LogP) is 3.68. The van der Waals surface area contributed by atoms with Crippen molar-refractivity contribution in [3.8, 4) is 22.9 Å². The van der Waals surface area contributed by atoms with Crippen LogP contribution >= 0.6 is 0 Å². The molecule has 1 atom stereocenters. The molecule has 0 spiro atoms. The maximum absolute atomic E-state index is 13.6. The number of rotatable bonds is 6. The molecule has 0 saturated carbocycles. The topological polar surface area (TPSA) is 116 Å². The van der Waals surface area contributed by atoms with Crippen LogP contribution in [0.15, 0.2) is 78.5 Å². The molecule has 5 rings (SSSR count). The molecule has 0 aliphatic carbocycles. The number of benzene rings is 1. The van der Waals surface area contributed by atoms with Crippen LogP contribution in [0.2, 0.25) is 0 Å². The van der Waals surface area contributed by atoms with Crippen molar-refractivity contribution in [1.29, 1.82) is 0 Å². The molecule has 1 unspecified atom stereocenters. The summed E-state index contributed by atoms with van der Waals surface area (Å²) in [6, 6.07) is 12.1. The third kappa shape index (κ3) is 4.17. The number of pyridine rings is 2. The van der Waals surface area contributed by atoms with E-state index in [0.29, 0.717) is 40.2 Å². The number of amides is 1. The van der Waals surface area contributed by atoms with Gasteiger partial charge in [-0.05, 0) is 43.3 Å². The third-order valence-electron chi connectivity index (χ3n) is 5.69. The summed E-state index contributed by atoms with van der Waals surface area (Å²) in [5, 5.41) is 10.9. The minimum atomic E-state index is -0.619. The fraction of sp³-hybridized carbons (Fsp3) is 0.160. The van der Waals surface area contributed by atoms with Crippen molar-refractivity contribution in [3.05, 3.63) is 84.1 Å². The lowest BCUT2D eigenvalue weighted by atomic mass is 9.94. The Labute approximate surface area is 201 Å². The number of hydrogen-bond acceptors (Lipinski definition) is 8. The van der Waals surface area contributed by atoms with Crippen molar-refractivity contribution < 1.29 is 14.3 Å². The zero-order valence-electron chi connectivity index (χ0n) is 19.4. The Balaban J connectivity index is 1.65. The molecule has 4 aromatic rings. The van der Waals surface area contributed by atoms with Crippen molar-refractivity contribution >= 4 is 17.5 Å². The van der Waals surface area contributed by atoms with Gasteiger partial charge < -0.3 is 20.1 Å². The number of nitrogens with one attached hydrogen (secondary N) is 2. The molecule has 0 fully saturated rings. The highest BCUT2D eigenvalue weighted by atomic mass is 16.5. The Morgan fingerprint density at radius 2 is 1.89 bits per heavy atom. The second-order valence-electron chi connectivity index (χ2n) is 7.81. The summed E-state index contributed by atoms with van der Waals surface area (Å²) < 4.78 is 12.8. The monoisotopic (exact) mass is 469 g/mol. The van der Waals surface area contributed by atoms with E-state index in [0.717, 1.165) is 11.1 Å². The Kier molecular flexibility index (Phi) is 5.84. The molecule has 3 aromatic heterocycles. The molecular formula is C25H23N7O3. The van der Waals surface area contributed by atoms with Gasteiger partial charge in [-0.3, -0.25) is 14.8 Å². The smallest absolute Gasteiger partial charge is 0.255 e. The molecule has 0 saturated heterocycles. The van der Waals surface area contributed by atoms with E-state index in [9.17, 15) is 4.79 Å². The zero-order chi connectivity index (χ0) is 24.4. The number of ether oxygens (including phenoxy) is 2. The Morgan fingerprint density at radius 1 is 1.06 bits per heavy atom. The average Bonchev–Trinajstić information content (AvgIpc) is 3.32. The second kappa shape index (κ2) is 9.26. The first-order valence-electron chi connectivity index (χ1n) is 10.9. The van der Waals surface area contributed by atoms with Gasteiger partial charge in [-0.1, -0.05) is 0 Å². The molecule has 2 N–H and O–H groups in total. The third-order valence-corrected chi connectivity index (χ3v) is 5.69. The lowest BCUT2D eigenvalue weighted by Crippen LogP contribution is -2.31. The lowest BCUT2D eigenvalue weighted by Gasteiger charge is -2.29. The van der Waals surface area contributed by atoms with Crippen molar-refractivity contribution in [2.45, 2.75) is 13.0 Å². The Hall–Kier alpha value is -4.73. The molecule has 176 valence electrons. The number of nitrogens with zero attached hydrogens (tertiary/aromatic N) is 5. The van der Waals surface area contributed by atoms with E-state index in [2.05, 4.69) is 25.6 Å². The van der Waals surface area contributed by atoms with Gasteiger partial charge >= 0.3 is 0 Å². The van der Waals surface area contributed by atoms with E-state index in [1.807, 2.05) is 31.2 Å². The van der Waals surface area contributed by atoms with Gasteiger partial charge in [0.05, 0.1) is 31.7 Å². The summed E-state index contributed by atoms with van der Waals surface area (Å²) in [5.74, 6) is 1.92. The molecule has 1 aliphatic heterocycles. The van der Waals surface area contributed by atoms with Crippen LogP contribution in [0.25, 0.3) is 11.4 Å². The largest absolute Gasteiger partial charge is 0.497 e. The van der Waals surface area contributed by atoms with Gasteiger partial charge in [0.15, 0.2) is 5.82 Å². The van der Waals surface area contributed by atoms with Gasteiger partial charge in [0, 0.05) is 41.5 Å². The molecule has 1 aliphatic rings. The molecule has 4 heterocycles. The molecular weight excluding hydrogens is 446 g/mol. The summed E-state index contributed by atoms with van der Waals surface area (Å²) in [6.07, 6.45) is 6.61. The van der Waals surface area contributed by atoms with Crippen LogP contribution < -0.4 is 20.1 Å². The number of anilines is 2. The number of hydrogen-bond donors (Lipinski definition) is 2. The first-order chi connectivity index (χ1) is 17.1. The minimum absolute atomic E-state index is 0.294. The summed E-state index contributed by atoms with van der Waals surface area (Å²) in [7, 11) is 3.17. The summed E-state index contributed by atoms with van der Waals surface area (Å²) in [5.41, 5.74) is 3.24. The van der Waals surface area contributed by atoms with E-state index in [1.165, 1.54) is 0 Å². The summed E-state index contributed by atoms with van der Waals surface area (Å²) in [4.78, 5) is 26.4. The van der Waals surface area contributed by atoms with Gasteiger partial charge in [0.25, 0.3) is 5.91 Å². The number of aromatic nitrogens is 5. The molecule has 1 amide bonds. The Bertz CT molecular complexity index is 1400. The van der Waals surface area contributed by atoms with Crippen LogP contribution in [0.1, 0.15) is 18.5 Å². The standard InChI is InChI=1S/C25H23N7O3/c1-15-21(24(33)29-17-5-4-10-27-14-17)22(19-7-6-18(34-2)13-20(19)35-3)32-25(28-15)30-23(31-32)16-8-11-26-12-9-16/h4-14,22H,1-3H3,(H,29,33)(H,28,30,31). The van der Waals surface area contributed by atoms with Gasteiger partial charge in [0.2, 0.25) is 5.95 Å². The second-order valence-corrected chi connectivity index (χ2v) is 7.81. The first-order valence-corrected chi connectivity index (χ1v) is 10.9. The van der Waals surface area contributed by atoms with Gasteiger partial charge in [-0.15, -0.1) is 5.10 Å². The van der Waals surface area contributed by atoms with Crippen LogP contribution in [-0.2, 0) is 4.79 Å². The molecule has 10 heteroatoms. The van der Waals surface area contributed by atoms with Crippen LogP contribution in [0.3, 0.4) is 0 Å². The maximum Gasteiger partial charge on any atom is 0.255 e. The van der Waals surface area contributed by atoms with Crippen molar-refractivity contribution in [1.82, 2.24) is 24.7 Å². The van der Waals surface area contributed by atoms with Crippen LogP contribution in [-0.4, -0.2) is 44.9 Å². The molecule has 0 bridgehead atoms. The van der Waals surface area contributed by atoms with Crippen molar-refractivity contribution in [2.24, 2.45) is 0 Å². The SMILES string of the molecule is COc1ccc(C2C(C(=O)Nc3cccnc3)=C(C)Nc3nc(-c4ccncc4)nn32)c(OC)c1. The van der Waals surface area contributed by atoms with Crippen LogP contribution in [0, 0.1) is 0 Å². The van der Waals surface area contributed by atoms with Gasteiger partial charge in [-0.2, -0.15) is 4.98 Å². The fourth-order valence-electron chi connectivity index (χ4n) is 4.04. The van der Waals surface area contributed by atoms with Crippen LogP contribution in [0.5, 0.6) is 11.5 Å². The van der Waals surface area contributed by atoms with E-state index in [-0.39, 0.29) is 5.91 Å². The van der Waals surface area contributed by atoms with E-state index in [4.69, 9.17) is 14.6 Å². The predicted molar refractivity (Wildman–Crippen MR) is 130 cm³/mol. The minimum Gasteiger partial charge on any atom is -0.497 e. The van der Waals surface area contributed by atoms with E-state index < -0.39 is 6.04 Å². The van der Waals surface area contributed by atoms with Crippen LogP contribution in [0.4, 0.5) is 11.6 Å². The molecule has 10 nitrogen and oxygen atoms in total. The highest BCUT2D eigenvalue weighted by molar-refractivity contribution is 6.06. The van der Waals surface area contributed by atoms with Gasteiger partial charge in [-0.25, -0.2) is 4.68 Å². The Morgan fingerprint density at radius 3 is 2.60 bits per heavy atom. The fourth-order valence-corrected chi connectivity index (χ4v) is 4.04. The summed E-state index contributed by atoms with van der Waals surface area (Å²) in [6.45, 7) is 1.84. The van der Waals surface area contributed by atoms with E-state index >= 15 is 0 Å². The first kappa shape index (κ1) is 22.1. The zero-order valence-corrected chi connectivity index (χ0v) is 19.4. The van der Waals surface area contributed by atoms with Crippen molar-refractivity contribution in [3.63, 3.8) is 0 Å². The number of fused-ring (bicyclic) bond motifs is 1. The number of carbonyl (C=O) groups is 1. The lowest BCUT2D eigenvalue weighted by molar-refractivity contribution is -0.113. The maximum atomic E-state index is 13.6. The molecule has 35 heavy (non-hydrogen) atoms. The number of methoxy groups -OCH3 is 2.